The zero-order chi connectivity index (χ0) is 18.7. The fourth-order valence-corrected chi connectivity index (χ4v) is 4.60. The number of rotatable bonds is 1. The third-order valence-electron chi connectivity index (χ3n) is 6.14. The van der Waals surface area contributed by atoms with E-state index < -0.39 is 6.04 Å². The van der Waals surface area contributed by atoms with Crippen LogP contribution in [0.15, 0.2) is 12.1 Å². The van der Waals surface area contributed by atoms with Gasteiger partial charge in [0.1, 0.15) is 18.4 Å². The van der Waals surface area contributed by atoms with Crippen LogP contribution >= 0.6 is 0 Å². The number of carbonyl (C=O) groups is 3. The lowest BCUT2D eigenvalue weighted by atomic mass is 10.0. The normalized spacial score (nSPS) is 27.3. The molecule has 8 nitrogen and oxygen atoms in total. The van der Waals surface area contributed by atoms with Crippen molar-refractivity contribution in [1.82, 2.24) is 15.1 Å². The molecule has 1 aromatic carbocycles. The van der Waals surface area contributed by atoms with Crippen molar-refractivity contribution in [3.63, 3.8) is 0 Å². The number of fused-ring (bicyclic) bond motifs is 5. The maximum atomic E-state index is 13.0. The van der Waals surface area contributed by atoms with Gasteiger partial charge in [0.15, 0.2) is 0 Å². The molecule has 5 rings (SSSR count). The first-order chi connectivity index (χ1) is 13.1. The van der Waals surface area contributed by atoms with Gasteiger partial charge in [-0.15, -0.1) is 0 Å². The molecule has 8 heteroatoms. The van der Waals surface area contributed by atoms with Gasteiger partial charge in [0.25, 0.3) is 11.8 Å². The number of benzene rings is 1. The Hall–Kier alpha value is -2.61. The van der Waals surface area contributed by atoms with Crippen LogP contribution in [0.1, 0.15) is 28.8 Å². The summed E-state index contributed by atoms with van der Waals surface area (Å²) in [4.78, 5) is 42.4. The Morgan fingerprint density at radius 1 is 1.19 bits per heavy atom. The summed E-state index contributed by atoms with van der Waals surface area (Å²) in [6.07, 6.45) is 0.661. The molecule has 0 aliphatic carbocycles. The highest BCUT2D eigenvalue weighted by molar-refractivity contribution is 6.06. The van der Waals surface area contributed by atoms with Crippen molar-refractivity contribution in [1.29, 1.82) is 0 Å². The largest absolute Gasteiger partial charge is 0.489 e. The molecule has 142 valence electrons. The summed E-state index contributed by atoms with van der Waals surface area (Å²) in [5, 5.41) is 3.38. The Morgan fingerprint density at radius 3 is 2.89 bits per heavy atom. The molecule has 4 aliphatic rings. The van der Waals surface area contributed by atoms with Crippen molar-refractivity contribution in [2.24, 2.45) is 0 Å². The quantitative estimate of drug-likeness (QED) is 0.699. The summed E-state index contributed by atoms with van der Waals surface area (Å²) in [7, 11) is 1.49. The highest BCUT2D eigenvalue weighted by atomic mass is 16.5. The number of likely N-dealkylation sites (tertiary alicyclic amines) is 1. The lowest BCUT2D eigenvalue weighted by molar-refractivity contribution is -0.150. The average Bonchev–Trinajstić information content (AvgIpc) is 3.03. The molecule has 0 saturated carbocycles. The van der Waals surface area contributed by atoms with E-state index in [1.54, 1.807) is 4.90 Å². The Kier molecular flexibility index (Phi) is 3.65. The van der Waals surface area contributed by atoms with Crippen LogP contribution in [-0.2, 0) is 16.1 Å². The number of piperidine rings is 1. The van der Waals surface area contributed by atoms with Gasteiger partial charge in [-0.2, -0.15) is 0 Å². The number of likely N-dealkylation sites (N-methyl/N-ethyl adjacent to an activating group) is 1. The molecule has 0 unspecified atom stereocenters. The van der Waals surface area contributed by atoms with Gasteiger partial charge < -0.3 is 19.9 Å². The standard InChI is InChI=1S/C19H22N4O4/c1-21-16(24)5-4-15(19(21)26)23-9-13-12(18(23)25)2-3-14-17(13)27-10-11-8-20-6-7-22(11)14/h2-3,11,15,20H,4-10H2,1H3/t11-,15+/m1/s1. The molecular weight excluding hydrogens is 348 g/mol. The second kappa shape index (κ2) is 5.95. The Balaban J connectivity index is 1.48. The molecular formula is C19H22N4O4. The maximum absolute atomic E-state index is 13.0. The van der Waals surface area contributed by atoms with Gasteiger partial charge in [-0.1, -0.05) is 0 Å². The van der Waals surface area contributed by atoms with Crippen molar-refractivity contribution >= 4 is 23.4 Å². The van der Waals surface area contributed by atoms with Crippen molar-refractivity contribution in [3.8, 4) is 5.75 Å². The molecule has 0 bridgehead atoms. The Bertz CT molecular complexity index is 854. The third-order valence-corrected chi connectivity index (χ3v) is 6.14. The number of carbonyl (C=O) groups excluding carboxylic acids is 3. The summed E-state index contributed by atoms with van der Waals surface area (Å²) in [6.45, 7) is 3.66. The van der Waals surface area contributed by atoms with Gasteiger partial charge in [0, 0.05) is 44.2 Å². The van der Waals surface area contributed by atoms with Crippen molar-refractivity contribution in [2.75, 3.05) is 38.2 Å². The van der Waals surface area contributed by atoms with Gasteiger partial charge in [0.05, 0.1) is 18.3 Å². The molecule has 1 N–H and O–H groups in total. The molecule has 0 radical (unpaired) electrons. The predicted molar refractivity (Wildman–Crippen MR) is 96.6 cm³/mol. The number of nitrogens with one attached hydrogen (secondary N) is 1. The molecule has 0 spiro atoms. The van der Waals surface area contributed by atoms with Gasteiger partial charge in [0.2, 0.25) is 5.91 Å². The zero-order valence-corrected chi connectivity index (χ0v) is 15.2. The SMILES string of the molecule is CN1C(=O)CC[C@H](N2Cc3c(ccc4c3OC[C@H]3CNCCN43)C2=O)C1=O. The van der Waals surface area contributed by atoms with Gasteiger partial charge in [-0.3, -0.25) is 19.3 Å². The highest BCUT2D eigenvalue weighted by Gasteiger charge is 2.43. The second-order valence-corrected chi connectivity index (χ2v) is 7.58. The van der Waals surface area contributed by atoms with E-state index in [0.29, 0.717) is 31.2 Å². The number of anilines is 1. The fourth-order valence-electron chi connectivity index (χ4n) is 4.60. The Labute approximate surface area is 157 Å². The summed E-state index contributed by atoms with van der Waals surface area (Å²) >= 11 is 0. The molecule has 2 saturated heterocycles. The first kappa shape index (κ1) is 16.6. The molecule has 27 heavy (non-hydrogen) atoms. The van der Waals surface area contributed by atoms with Crippen molar-refractivity contribution < 1.29 is 19.1 Å². The van der Waals surface area contributed by atoms with Crippen LogP contribution in [-0.4, -0.2) is 72.9 Å². The van der Waals surface area contributed by atoms with Crippen molar-refractivity contribution in [3.05, 3.63) is 23.3 Å². The molecule has 4 heterocycles. The van der Waals surface area contributed by atoms with Crippen LogP contribution in [0.3, 0.4) is 0 Å². The average molecular weight is 370 g/mol. The van der Waals surface area contributed by atoms with Crippen LogP contribution in [0.4, 0.5) is 5.69 Å². The molecule has 2 atom stereocenters. The van der Waals surface area contributed by atoms with E-state index in [1.807, 2.05) is 12.1 Å². The zero-order valence-electron chi connectivity index (χ0n) is 15.2. The van der Waals surface area contributed by atoms with E-state index in [9.17, 15) is 14.4 Å². The summed E-state index contributed by atoms with van der Waals surface area (Å²) < 4.78 is 6.07. The third kappa shape index (κ3) is 2.36. The van der Waals surface area contributed by atoms with Crippen LogP contribution in [0.25, 0.3) is 0 Å². The molecule has 3 amide bonds. The lowest BCUT2D eigenvalue weighted by Crippen LogP contribution is -2.55. The van der Waals surface area contributed by atoms with E-state index in [-0.39, 0.29) is 24.1 Å². The van der Waals surface area contributed by atoms with Gasteiger partial charge >= 0.3 is 0 Å². The minimum Gasteiger partial charge on any atom is -0.489 e. The fraction of sp³-hybridized carbons (Fsp3) is 0.526. The van der Waals surface area contributed by atoms with Crippen LogP contribution < -0.4 is 15.0 Å². The van der Waals surface area contributed by atoms with Crippen LogP contribution in [0.5, 0.6) is 5.75 Å². The lowest BCUT2D eigenvalue weighted by Gasteiger charge is -2.42. The van der Waals surface area contributed by atoms with Gasteiger partial charge in [-0.25, -0.2) is 0 Å². The summed E-state index contributed by atoms with van der Waals surface area (Å²) in [6, 6.07) is 3.54. The predicted octanol–water partition coefficient (Wildman–Crippen LogP) is -0.0396. The van der Waals surface area contributed by atoms with E-state index in [1.165, 1.54) is 7.05 Å². The summed E-state index contributed by atoms with van der Waals surface area (Å²) in [5.41, 5.74) is 2.50. The molecule has 1 aromatic rings. The topological polar surface area (TPSA) is 82.2 Å². The van der Waals surface area contributed by atoms with E-state index in [0.717, 1.165) is 41.5 Å². The number of amides is 3. The first-order valence-corrected chi connectivity index (χ1v) is 9.43. The molecule has 0 aromatic heterocycles. The number of piperazine rings is 1. The van der Waals surface area contributed by atoms with Gasteiger partial charge in [-0.05, 0) is 18.6 Å². The molecule has 4 aliphatic heterocycles. The number of ether oxygens (including phenoxy) is 1. The number of hydrogen-bond donors (Lipinski definition) is 1. The smallest absolute Gasteiger partial charge is 0.255 e. The van der Waals surface area contributed by atoms with Crippen LogP contribution in [0.2, 0.25) is 0 Å². The van der Waals surface area contributed by atoms with E-state index in [4.69, 9.17) is 4.74 Å². The number of imide groups is 1. The number of nitrogens with zero attached hydrogens (tertiary/aromatic N) is 3. The number of hydrogen-bond acceptors (Lipinski definition) is 6. The van der Waals surface area contributed by atoms with E-state index >= 15 is 0 Å². The Morgan fingerprint density at radius 2 is 2.04 bits per heavy atom. The second-order valence-electron chi connectivity index (χ2n) is 7.58. The van der Waals surface area contributed by atoms with Crippen LogP contribution in [0, 0.1) is 0 Å². The minimum atomic E-state index is -0.584. The maximum Gasteiger partial charge on any atom is 0.255 e. The molecule has 2 fully saturated rings. The minimum absolute atomic E-state index is 0.153. The summed E-state index contributed by atoms with van der Waals surface area (Å²) in [5.74, 6) is 0.129. The van der Waals surface area contributed by atoms with E-state index in [2.05, 4.69) is 10.2 Å². The first-order valence-electron chi connectivity index (χ1n) is 9.43. The monoisotopic (exact) mass is 370 g/mol. The van der Waals surface area contributed by atoms with Crippen molar-refractivity contribution in [2.45, 2.75) is 31.5 Å². The highest BCUT2D eigenvalue weighted by Crippen LogP contribution is 2.43.